The van der Waals surface area contributed by atoms with Gasteiger partial charge in [0.1, 0.15) is 5.75 Å². The number of hydrogen-bond donors (Lipinski definition) is 3. The molecule has 0 heterocycles. The Morgan fingerprint density at radius 2 is 2.00 bits per heavy atom. The molecular weight excluding hydrogens is 270 g/mol. The van der Waals surface area contributed by atoms with Crippen LogP contribution in [0.3, 0.4) is 0 Å². The molecule has 1 unspecified atom stereocenters. The van der Waals surface area contributed by atoms with E-state index in [4.69, 9.17) is 16.7 Å². The van der Waals surface area contributed by atoms with Gasteiger partial charge < -0.3 is 15.5 Å². The number of phenolic OH excluding ortho intramolecular Hbond substituents is 1. The highest BCUT2D eigenvalue weighted by Gasteiger charge is 2.20. The van der Waals surface area contributed by atoms with Gasteiger partial charge in [-0.2, -0.15) is 0 Å². The van der Waals surface area contributed by atoms with Crippen molar-refractivity contribution in [2.45, 2.75) is 26.3 Å². The van der Waals surface area contributed by atoms with Gasteiger partial charge in [0.25, 0.3) is 5.91 Å². The summed E-state index contributed by atoms with van der Waals surface area (Å²) in [4.78, 5) is 22.7. The summed E-state index contributed by atoms with van der Waals surface area (Å²) in [5, 5.41) is 20.8. The number of carboxylic acids is 1. The second-order valence-electron chi connectivity index (χ2n) is 4.59. The second kappa shape index (κ2) is 6.43. The average Bonchev–Trinajstić information content (AvgIpc) is 2.31. The second-order valence-corrected chi connectivity index (χ2v) is 5.00. The Bertz CT molecular complexity index is 488. The number of hydrogen-bond acceptors (Lipinski definition) is 3. The number of amides is 1. The summed E-state index contributed by atoms with van der Waals surface area (Å²) >= 11 is 5.72. The molecule has 0 fully saturated rings. The highest BCUT2D eigenvalue weighted by Crippen LogP contribution is 2.23. The zero-order valence-electron chi connectivity index (χ0n) is 10.7. The van der Waals surface area contributed by atoms with Crippen molar-refractivity contribution >= 4 is 23.5 Å². The SMILES string of the molecule is CC(C)C(CC(=O)O)NC(=O)c1ccc(O)c(Cl)c1. The number of nitrogens with one attached hydrogen (secondary N) is 1. The van der Waals surface area contributed by atoms with E-state index in [2.05, 4.69) is 5.32 Å². The molecule has 6 heteroatoms. The molecule has 0 radical (unpaired) electrons. The van der Waals surface area contributed by atoms with E-state index in [1.165, 1.54) is 18.2 Å². The van der Waals surface area contributed by atoms with E-state index in [0.717, 1.165) is 0 Å². The van der Waals surface area contributed by atoms with Crippen molar-refractivity contribution in [3.63, 3.8) is 0 Å². The number of carboxylic acid groups (broad SMARTS) is 1. The van der Waals surface area contributed by atoms with Gasteiger partial charge in [-0.05, 0) is 24.1 Å². The minimum atomic E-state index is -0.970. The number of aromatic hydroxyl groups is 1. The molecule has 1 atom stereocenters. The molecule has 104 valence electrons. The van der Waals surface area contributed by atoms with Crippen LogP contribution in [-0.2, 0) is 4.79 Å². The summed E-state index contributed by atoms with van der Waals surface area (Å²) in [6.07, 6.45) is -0.144. The maximum atomic E-state index is 12.0. The third-order valence-electron chi connectivity index (χ3n) is 2.73. The normalized spacial score (nSPS) is 12.2. The Labute approximate surface area is 116 Å². The zero-order valence-corrected chi connectivity index (χ0v) is 11.4. The number of rotatable bonds is 5. The molecule has 0 aliphatic heterocycles. The summed E-state index contributed by atoms with van der Waals surface area (Å²) in [5.74, 6) is -1.50. The zero-order chi connectivity index (χ0) is 14.6. The lowest BCUT2D eigenvalue weighted by atomic mass is 10.0. The van der Waals surface area contributed by atoms with Gasteiger partial charge in [0.2, 0.25) is 0 Å². The summed E-state index contributed by atoms with van der Waals surface area (Å²) in [6, 6.07) is 3.62. The Hall–Kier alpha value is -1.75. The first-order chi connectivity index (χ1) is 8.81. The van der Waals surface area contributed by atoms with E-state index in [9.17, 15) is 14.7 Å². The first-order valence-corrected chi connectivity index (χ1v) is 6.20. The number of benzene rings is 1. The number of halogens is 1. The van der Waals surface area contributed by atoms with Gasteiger partial charge in [-0.3, -0.25) is 9.59 Å². The van der Waals surface area contributed by atoms with Crippen LogP contribution >= 0.6 is 11.6 Å². The number of carbonyl (C=O) groups excluding carboxylic acids is 1. The van der Waals surface area contributed by atoms with E-state index in [1.807, 2.05) is 13.8 Å². The lowest BCUT2D eigenvalue weighted by Crippen LogP contribution is -2.40. The average molecular weight is 286 g/mol. The fourth-order valence-corrected chi connectivity index (χ4v) is 1.72. The van der Waals surface area contributed by atoms with E-state index in [1.54, 1.807) is 0 Å². The van der Waals surface area contributed by atoms with Gasteiger partial charge in [-0.15, -0.1) is 0 Å². The molecular formula is C13H16ClNO4. The van der Waals surface area contributed by atoms with E-state index in [0.29, 0.717) is 0 Å². The van der Waals surface area contributed by atoms with Crippen LogP contribution < -0.4 is 5.32 Å². The summed E-state index contributed by atoms with van der Waals surface area (Å²) in [5.41, 5.74) is 0.277. The molecule has 0 aliphatic carbocycles. The molecule has 0 saturated carbocycles. The van der Waals surface area contributed by atoms with Crippen molar-refractivity contribution in [3.05, 3.63) is 28.8 Å². The highest BCUT2D eigenvalue weighted by atomic mass is 35.5. The van der Waals surface area contributed by atoms with E-state index < -0.39 is 17.9 Å². The molecule has 3 N–H and O–H groups in total. The molecule has 0 saturated heterocycles. The van der Waals surface area contributed by atoms with Crippen LogP contribution in [0.15, 0.2) is 18.2 Å². The molecule has 0 aliphatic rings. The summed E-state index contributed by atoms with van der Waals surface area (Å²) in [6.45, 7) is 3.66. The van der Waals surface area contributed by atoms with Crippen molar-refractivity contribution in [2.75, 3.05) is 0 Å². The Morgan fingerprint density at radius 1 is 1.37 bits per heavy atom. The molecule has 0 aromatic heterocycles. The van der Waals surface area contributed by atoms with Crippen LogP contribution in [0.5, 0.6) is 5.75 Å². The first kappa shape index (κ1) is 15.3. The number of aliphatic carboxylic acids is 1. The van der Waals surface area contributed by atoms with E-state index in [-0.39, 0.29) is 28.7 Å². The monoisotopic (exact) mass is 285 g/mol. The van der Waals surface area contributed by atoms with Crippen molar-refractivity contribution in [1.29, 1.82) is 0 Å². The predicted molar refractivity (Wildman–Crippen MR) is 71.5 cm³/mol. The van der Waals surface area contributed by atoms with Crippen molar-refractivity contribution in [1.82, 2.24) is 5.32 Å². The molecule has 0 spiro atoms. The molecule has 1 amide bonds. The van der Waals surface area contributed by atoms with Crippen LogP contribution in [0.1, 0.15) is 30.6 Å². The summed E-state index contributed by atoms with van der Waals surface area (Å²) in [7, 11) is 0. The third-order valence-corrected chi connectivity index (χ3v) is 3.03. The molecule has 19 heavy (non-hydrogen) atoms. The largest absolute Gasteiger partial charge is 0.506 e. The van der Waals surface area contributed by atoms with Crippen molar-refractivity contribution in [2.24, 2.45) is 5.92 Å². The van der Waals surface area contributed by atoms with Crippen molar-refractivity contribution < 1.29 is 19.8 Å². The van der Waals surface area contributed by atoms with Crippen LogP contribution in [0.2, 0.25) is 5.02 Å². The maximum Gasteiger partial charge on any atom is 0.305 e. The highest BCUT2D eigenvalue weighted by molar-refractivity contribution is 6.32. The minimum Gasteiger partial charge on any atom is -0.506 e. The molecule has 1 rings (SSSR count). The Kier molecular flexibility index (Phi) is 5.18. The Balaban J connectivity index is 2.81. The van der Waals surface area contributed by atoms with Crippen LogP contribution in [-0.4, -0.2) is 28.1 Å². The molecule has 1 aromatic rings. The first-order valence-electron chi connectivity index (χ1n) is 5.82. The fourth-order valence-electron chi connectivity index (χ4n) is 1.54. The maximum absolute atomic E-state index is 12.0. The minimum absolute atomic E-state index is 0.00682. The lowest BCUT2D eigenvalue weighted by Gasteiger charge is -2.20. The van der Waals surface area contributed by atoms with Crippen LogP contribution in [0.25, 0.3) is 0 Å². The number of phenols is 1. The molecule has 1 aromatic carbocycles. The van der Waals surface area contributed by atoms with E-state index >= 15 is 0 Å². The summed E-state index contributed by atoms with van der Waals surface area (Å²) < 4.78 is 0. The van der Waals surface area contributed by atoms with Gasteiger partial charge in [0.15, 0.2) is 0 Å². The van der Waals surface area contributed by atoms with Gasteiger partial charge in [0.05, 0.1) is 11.4 Å². The fraction of sp³-hybridized carbons (Fsp3) is 0.385. The lowest BCUT2D eigenvalue weighted by molar-refractivity contribution is -0.137. The van der Waals surface area contributed by atoms with Gasteiger partial charge >= 0.3 is 5.97 Å². The van der Waals surface area contributed by atoms with Crippen molar-refractivity contribution in [3.8, 4) is 5.75 Å². The predicted octanol–water partition coefficient (Wildman–Crippen LogP) is 2.27. The van der Waals surface area contributed by atoms with Gasteiger partial charge in [0, 0.05) is 11.6 Å². The quantitative estimate of drug-likeness (QED) is 0.774. The number of carbonyl (C=O) groups is 2. The van der Waals surface area contributed by atoms with Crippen LogP contribution in [0, 0.1) is 5.92 Å². The standard InChI is InChI=1S/C13H16ClNO4/c1-7(2)10(6-12(17)18)15-13(19)8-3-4-11(16)9(14)5-8/h3-5,7,10,16H,6H2,1-2H3,(H,15,19)(H,17,18). The third kappa shape index (κ3) is 4.44. The topological polar surface area (TPSA) is 86.6 Å². The molecule has 0 bridgehead atoms. The van der Waals surface area contributed by atoms with Gasteiger partial charge in [-0.25, -0.2) is 0 Å². The van der Waals surface area contributed by atoms with Crippen LogP contribution in [0.4, 0.5) is 0 Å². The smallest absolute Gasteiger partial charge is 0.305 e. The molecule has 5 nitrogen and oxygen atoms in total. The Morgan fingerprint density at radius 3 is 2.47 bits per heavy atom. The van der Waals surface area contributed by atoms with Gasteiger partial charge in [-0.1, -0.05) is 25.4 Å².